The molecule has 0 atom stereocenters. The molecule has 0 saturated carbocycles. The van der Waals surface area contributed by atoms with Crippen LogP contribution in [-0.2, 0) is 4.79 Å². The van der Waals surface area contributed by atoms with Crippen molar-refractivity contribution in [3.8, 4) is 0 Å². The zero-order valence-corrected chi connectivity index (χ0v) is 7.98. The maximum absolute atomic E-state index is 12.8. The van der Waals surface area contributed by atoms with Crippen molar-refractivity contribution in [2.24, 2.45) is 0 Å². The third-order valence-corrected chi connectivity index (χ3v) is 2.07. The van der Waals surface area contributed by atoms with Crippen LogP contribution in [-0.4, -0.2) is 5.91 Å². The molecule has 2 nitrogen and oxygen atoms in total. The Morgan fingerprint density at radius 1 is 1.58 bits per heavy atom. The molecule has 12 heavy (non-hydrogen) atoms. The lowest BCUT2D eigenvalue weighted by atomic mass is 10.3. The molecule has 0 heterocycles. The third kappa shape index (κ3) is 2.04. The summed E-state index contributed by atoms with van der Waals surface area (Å²) in [4.78, 5) is 10.6. The number of amides is 1. The number of rotatable bonds is 1. The van der Waals surface area contributed by atoms with Crippen molar-refractivity contribution in [2.45, 2.75) is 6.92 Å². The lowest BCUT2D eigenvalue weighted by molar-refractivity contribution is -0.114. The molecule has 0 saturated heterocycles. The van der Waals surface area contributed by atoms with E-state index in [1.165, 1.54) is 19.1 Å². The van der Waals surface area contributed by atoms with Crippen molar-refractivity contribution in [1.29, 1.82) is 0 Å². The molecule has 0 radical (unpaired) electrons. The van der Waals surface area contributed by atoms with Gasteiger partial charge in [0.2, 0.25) is 5.91 Å². The van der Waals surface area contributed by atoms with E-state index >= 15 is 0 Å². The third-order valence-electron chi connectivity index (χ3n) is 1.26. The van der Waals surface area contributed by atoms with E-state index in [9.17, 15) is 9.18 Å². The monoisotopic (exact) mass is 231 g/mol. The number of nitrogens with one attached hydrogen (secondary N) is 1. The number of hydrogen-bond acceptors (Lipinski definition) is 1. The minimum Gasteiger partial charge on any atom is -0.325 e. The van der Waals surface area contributed by atoms with Gasteiger partial charge in [-0.05, 0) is 28.1 Å². The van der Waals surface area contributed by atoms with Gasteiger partial charge in [0.05, 0.1) is 10.2 Å². The van der Waals surface area contributed by atoms with Gasteiger partial charge in [-0.3, -0.25) is 4.79 Å². The summed E-state index contributed by atoms with van der Waals surface area (Å²) in [7, 11) is 0. The lowest BCUT2D eigenvalue weighted by Gasteiger charge is -2.04. The van der Waals surface area contributed by atoms with Crippen LogP contribution >= 0.6 is 15.9 Å². The van der Waals surface area contributed by atoms with Gasteiger partial charge in [-0.2, -0.15) is 0 Å². The van der Waals surface area contributed by atoms with Crippen LogP contribution in [0.5, 0.6) is 0 Å². The van der Waals surface area contributed by atoms with Crippen molar-refractivity contribution in [1.82, 2.24) is 0 Å². The first kappa shape index (κ1) is 9.19. The van der Waals surface area contributed by atoms with Gasteiger partial charge in [-0.25, -0.2) is 4.39 Å². The van der Waals surface area contributed by atoms with Crippen molar-refractivity contribution in [3.05, 3.63) is 28.5 Å². The fraction of sp³-hybridized carbons (Fsp3) is 0.125. The van der Waals surface area contributed by atoms with Gasteiger partial charge in [-0.15, -0.1) is 0 Å². The molecule has 1 N–H and O–H groups in total. The van der Waals surface area contributed by atoms with E-state index in [2.05, 4.69) is 21.2 Å². The van der Waals surface area contributed by atoms with E-state index in [-0.39, 0.29) is 16.2 Å². The molecular formula is C8H7BrFNO. The molecule has 0 aliphatic carbocycles. The Kier molecular flexibility index (Phi) is 2.81. The fourth-order valence-corrected chi connectivity index (χ4v) is 1.15. The number of carbonyl (C=O) groups is 1. The summed E-state index contributed by atoms with van der Waals surface area (Å²) in [5.74, 6) is -0.609. The van der Waals surface area contributed by atoms with Gasteiger partial charge in [0.25, 0.3) is 0 Å². The molecule has 0 unspecified atom stereocenters. The minimum atomic E-state index is -0.388. The van der Waals surface area contributed by atoms with E-state index in [4.69, 9.17) is 0 Å². The van der Waals surface area contributed by atoms with Crippen molar-refractivity contribution in [3.63, 3.8) is 0 Å². The summed E-state index contributed by atoms with van der Waals surface area (Å²) in [6.07, 6.45) is 0. The summed E-state index contributed by atoms with van der Waals surface area (Å²) >= 11 is 3.02. The Bertz CT molecular complexity index is 314. The molecule has 0 aliphatic rings. The predicted molar refractivity (Wildman–Crippen MR) is 48.4 cm³/mol. The molecule has 0 bridgehead atoms. The summed E-state index contributed by atoms with van der Waals surface area (Å²) in [5.41, 5.74) is 0.447. The average Bonchev–Trinajstić information content (AvgIpc) is 1.98. The Balaban J connectivity index is 3.00. The van der Waals surface area contributed by atoms with Crippen LogP contribution in [0.4, 0.5) is 10.1 Å². The SMILES string of the molecule is CC(=O)Nc1cccc(F)c1Br. The van der Waals surface area contributed by atoms with Crippen LogP contribution in [0, 0.1) is 5.82 Å². The van der Waals surface area contributed by atoms with E-state index in [1.54, 1.807) is 6.07 Å². The zero-order valence-electron chi connectivity index (χ0n) is 6.40. The highest BCUT2D eigenvalue weighted by atomic mass is 79.9. The normalized spacial score (nSPS) is 9.58. The van der Waals surface area contributed by atoms with Crippen LogP contribution in [0.3, 0.4) is 0 Å². The molecule has 1 rings (SSSR count). The maximum atomic E-state index is 12.8. The van der Waals surface area contributed by atoms with Gasteiger partial charge in [0.15, 0.2) is 0 Å². The Morgan fingerprint density at radius 3 is 2.83 bits per heavy atom. The second-order valence-corrected chi connectivity index (χ2v) is 3.08. The van der Waals surface area contributed by atoms with E-state index < -0.39 is 0 Å². The maximum Gasteiger partial charge on any atom is 0.221 e. The molecule has 4 heteroatoms. The van der Waals surface area contributed by atoms with Gasteiger partial charge in [0, 0.05) is 6.92 Å². The number of hydrogen-bond donors (Lipinski definition) is 1. The Labute approximate surface area is 77.9 Å². The number of benzene rings is 1. The van der Waals surface area contributed by atoms with E-state index in [1.807, 2.05) is 0 Å². The van der Waals surface area contributed by atoms with Crippen LogP contribution in [0.2, 0.25) is 0 Å². The highest BCUT2D eigenvalue weighted by Crippen LogP contribution is 2.24. The number of halogens is 2. The second kappa shape index (κ2) is 3.67. The largest absolute Gasteiger partial charge is 0.325 e. The molecule has 1 amide bonds. The molecule has 0 fully saturated rings. The lowest BCUT2D eigenvalue weighted by Crippen LogP contribution is -2.06. The van der Waals surface area contributed by atoms with Crippen molar-refractivity contribution >= 4 is 27.5 Å². The van der Waals surface area contributed by atoms with Crippen molar-refractivity contribution < 1.29 is 9.18 Å². The zero-order chi connectivity index (χ0) is 9.14. The smallest absolute Gasteiger partial charge is 0.221 e. The molecule has 0 spiro atoms. The quantitative estimate of drug-likeness (QED) is 0.791. The van der Waals surface area contributed by atoms with E-state index in [0.29, 0.717) is 5.69 Å². The van der Waals surface area contributed by atoms with Crippen LogP contribution < -0.4 is 5.32 Å². The summed E-state index contributed by atoms with van der Waals surface area (Å²) in [6.45, 7) is 1.37. The minimum absolute atomic E-state index is 0.221. The second-order valence-electron chi connectivity index (χ2n) is 2.28. The standard InChI is InChI=1S/C8H7BrFNO/c1-5(12)11-7-4-2-3-6(10)8(7)9/h2-4H,1H3,(H,11,12). The first-order chi connectivity index (χ1) is 5.61. The topological polar surface area (TPSA) is 29.1 Å². The highest BCUT2D eigenvalue weighted by molar-refractivity contribution is 9.10. The Hall–Kier alpha value is -0.900. The summed E-state index contributed by atoms with van der Waals surface area (Å²) in [6, 6.07) is 4.47. The van der Waals surface area contributed by atoms with Gasteiger partial charge >= 0.3 is 0 Å². The molecular weight excluding hydrogens is 225 g/mol. The van der Waals surface area contributed by atoms with E-state index in [0.717, 1.165) is 0 Å². The van der Waals surface area contributed by atoms with Gasteiger partial charge < -0.3 is 5.32 Å². The fourth-order valence-electron chi connectivity index (χ4n) is 0.790. The summed E-state index contributed by atoms with van der Waals surface area (Å²) < 4.78 is 13.1. The Morgan fingerprint density at radius 2 is 2.25 bits per heavy atom. The first-order valence-electron chi connectivity index (χ1n) is 3.33. The number of carbonyl (C=O) groups excluding carboxylic acids is 1. The number of anilines is 1. The van der Waals surface area contributed by atoms with Gasteiger partial charge in [-0.1, -0.05) is 6.07 Å². The van der Waals surface area contributed by atoms with Crippen molar-refractivity contribution in [2.75, 3.05) is 5.32 Å². The van der Waals surface area contributed by atoms with Crippen LogP contribution in [0.25, 0.3) is 0 Å². The van der Waals surface area contributed by atoms with Crippen LogP contribution in [0.1, 0.15) is 6.92 Å². The molecule has 0 aliphatic heterocycles. The summed E-state index contributed by atoms with van der Waals surface area (Å²) in [5, 5.41) is 2.49. The van der Waals surface area contributed by atoms with Crippen LogP contribution in [0.15, 0.2) is 22.7 Å². The average molecular weight is 232 g/mol. The first-order valence-corrected chi connectivity index (χ1v) is 4.12. The highest BCUT2D eigenvalue weighted by Gasteiger charge is 2.04. The molecule has 1 aromatic carbocycles. The molecule has 64 valence electrons. The molecule has 0 aromatic heterocycles. The van der Waals surface area contributed by atoms with Gasteiger partial charge in [0.1, 0.15) is 5.82 Å². The predicted octanol–water partition coefficient (Wildman–Crippen LogP) is 2.55. The molecule has 1 aromatic rings.